The van der Waals surface area contributed by atoms with Gasteiger partial charge in [0, 0.05) is 19.0 Å². The van der Waals surface area contributed by atoms with Crippen LogP contribution in [0, 0.1) is 0 Å². The zero-order valence-electron chi connectivity index (χ0n) is 33.1. The van der Waals surface area contributed by atoms with Crippen LogP contribution in [-0.4, -0.2) is 53.7 Å². The maximum Gasteiger partial charge on any atom is 0.473 e. The standard InChI is InChI=1S/C43H74NO8P/c1-3-5-7-9-11-13-15-17-18-19-20-21-22-24-26-28-30-32-34-36-43(47)51-40(38-45)39-50-53(48,49)52-42(37-44)41(46)35-33-31-29-27-25-23-16-14-12-10-8-6-4-2/h18-22,24,26,28,30,32,34,36,40,42,45H,3-17,23,25,27,29,31,33,35,37-39,44H2,1-2H3,(H,48,49)/t40-,42?/m1/s1. The Bertz CT molecular complexity index is 1110. The van der Waals surface area contributed by atoms with Gasteiger partial charge >= 0.3 is 13.8 Å². The Balaban J connectivity index is 4.23. The molecule has 10 heteroatoms. The van der Waals surface area contributed by atoms with E-state index in [-0.39, 0.29) is 18.7 Å². The molecule has 0 radical (unpaired) electrons. The first-order valence-corrected chi connectivity index (χ1v) is 22.0. The number of ether oxygens (including phenoxy) is 1. The van der Waals surface area contributed by atoms with Crippen molar-refractivity contribution in [3.05, 3.63) is 72.9 Å². The molecule has 0 saturated heterocycles. The number of phosphoric ester groups is 1. The molecule has 0 rings (SSSR count). The van der Waals surface area contributed by atoms with Crippen LogP contribution < -0.4 is 5.73 Å². The molecular formula is C43H74NO8P. The number of ketones is 1. The van der Waals surface area contributed by atoms with E-state index < -0.39 is 39.2 Å². The zero-order valence-corrected chi connectivity index (χ0v) is 34.0. The summed E-state index contributed by atoms with van der Waals surface area (Å²) in [5, 5.41) is 9.57. The van der Waals surface area contributed by atoms with Crippen molar-refractivity contribution in [1.82, 2.24) is 0 Å². The number of rotatable bonds is 37. The van der Waals surface area contributed by atoms with Crippen molar-refractivity contribution in [2.24, 2.45) is 5.73 Å². The van der Waals surface area contributed by atoms with Crippen LogP contribution in [0.3, 0.4) is 0 Å². The van der Waals surface area contributed by atoms with Crippen LogP contribution in [-0.2, 0) is 27.9 Å². The molecule has 0 aromatic carbocycles. The highest BCUT2D eigenvalue weighted by Crippen LogP contribution is 2.45. The molecule has 0 aliphatic rings. The number of phosphoric acid groups is 1. The van der Waals surface area contributed by atoms with Gasteiger partial charge in [0.15, 0.2) is 5.78 Å². The summed E-state index contributed by atoms with van der Waals surface area (Å²) in [5.74, 6) is -1.13. The fourth-order valence-electron chi connectivity index (χ4n) is 5.45. The monoisotopic (exact) mass is 764 g/mol. The fraction of sp³-hybridized carbons (Fsp3) is 0.674. The smallest absolute Gasteiger partial charge is 0.454 e. The van der Waals surface area contributed by atoms with Crippen LogP contribution in [0.2, 0.25) is 0 Å². The predicted octanol–water partition coefficient (Wildman–Crippen LogP) is 10.9. The lowest BCUT2D eigenvalue weighted by atomic mass is 10.0. The lowest BCUT2D eigenvalue weighted by Crippen LogP contribution is -2.32. The quantitative estimate of drug-likeness (QED) is 0.0185. The molecule has 0 amide bonds. The van der Waals surface area contributed by atoms with Crippen LogP contribution in [0.4, 0.5) is 0 Å². The van der Waals surface area contributed by atoms with Gasteiger partial charge in [-0.15, -0.1) is 0 Å². The molecule has 0 aliphatic heterocycles. The molecule has 4 N–H and O–H groups in total. The third-order valence-electron chi connectivity index (χ3n) is 8.61. The zero-order chi connectivity index (χ0) is 39.1. The largest absolute Gasteiger partial charge is 0.473 e. The van der Waals surface area contributed by atoms with Gasteiger partial charge in [0.1, 0.15) is 12.2 Å². The maximum atomic E-state index is 12.6. The number of carbonyl (C=O) groups is 2. The van der Waals surface area contributed by atoms with Gasteiger partial charge in [-0.3, -0.25) is 13.8 Å². The molecular weight excluding hydrogens is 689 g/mol. The number of aliphatic hydroxyl groups is 1. The number of aliphatic hydroxyl groups excluding tert-OH is 1. The van der Waals surface area contributed by atoms with Crippen molar-refractivity contribution in [3.8, 4) is 0 Å². The second kappa shape index (κ2) is 37.9. The van der Waals surface area contributed by atoms with Crippen LogP contribution in [0.5, 0.6) is 0 Å². The third kappa shape index (κ3) is 35.1. The second-order valence-electron chi connectivity index (χ2n) is 13.5. The number of unbranched alkanes of at least 4 members (excludes halogenated alkanes) is 19. The summed E-state index contributed by atoms with van der Waals surface area (Å²) >= 11 is 0. The Morgan fingerprint density at radius 2 is 1.08 bits per heavy atom. The molecule has 0 heterocycles. The van der Waals surface area contributed by atoms with Gasteiger partial charge in [0.05, 0.1) is 13.2 Å². The van der Waals surface area contributed by atoms with Crippen LogP contribution >= 0.6 is 7.82 Å². The molecule has 0 spiro atoms. The van der Waals surface area contributed by atoms with E-state index in [2.05, 4.69) is 26.0 Å². The summed E-state index contributed by atoms with van der Waals surface area (Å²) in [7, 11) is -4.71. The molecule has 9 nitrogen and oxygen atoms in total. The van der Waals surface area contributed by atoms with Gasteiger partial charge in [0.25, 0.3) is 0 Å². The van der Waals surface area contributed by atoms with Crippen molar-refractivity contribution >= 4 is 19.6 Å². The van der Waals surface area contributed by atoms with E-state index in [4.69, 9.17) is 19.5 Å². The molecule has 2 unspecified atom stereocenters. The average molecular weight is 764 g/mol. The molecule has 304 valence electrons. The molecule has 0 aromatic heterocycles. The van der Waals surface area contributed by atoms with Gasteiger partial charge in [-0.2, -0.15) is 0 Å². The minimum Gasteiger partial charge on any atom is -0.454 e. The minimum absolute atomic E-state index is 0.193. The number of hydrogen-bond acceptors (Lipinski definition) is 8. The van der Waals surface area contributed by atoms with E-state index in [1.165, 1.54) is 109 Å². The van der Waals surface area contributed by atoms with Crippen LogP contribution in [0.25, 0.3) is 0 Å². The number of Topliss-reactive ketones (excluding diaryl/α,β-unsaturated/α-hetero) is 1. The molecule has 3 atom stereocenters. The summed E-state index contributed by atoms with van der Waals surface area (Å²) < 4.78 is 27.5. The van der Waals surface area contributed by atoms with Crippen molar-refractivity contribution < 1.29 is 37.9 Å². The van der Waals surface area contributed by atoms with E-state index in [0.29, 0.717) is 6.42 Å². The maximum absolute atomic E-state index is 12.6. The lowest BCUT2D eigenvalue weighted by Gasteiger charge is -2.20. The second-order valence-corrected chi connectivity index (χ2v) is 14.9. The Morgan fingerprint density at radius 1 is 0.642 bits per heavy atom. The summed E-state index contributed by atoms with van der Waals surface area (Å²) in [6.45, 7) is 2.94. The Hall–Kier alpha value is -2.39. The van der Waals surface area contributed by atoms with Crippen molar-refractivity contribution in [2.45, 2.75) is 167 Å². The van der Waals surface area contributed by atoms with Crippen LogP contribution in [0.15, 0.2) is 72.9 Å². The Labute approximate surface area is 322 Å². The van der Waals surface area contributed by atoms with Gasteiger partial charge in [-0.05, 0) is 19.3 Å². The normalized spacial score (nSPS) is 14.8. The number of esters is 1. The molecule has 0 fully saturated rings. The van der Waals surface area contributed by atoms with E-state index in [1.807, 2.05) is 30.4 Å². The number of carbonyl (C=O) groups excluding carboxylic acids is 2. The van der Waals surface area contributed by atoms with Crippen molar-refractivity contribution in [2.75, 3.05) is 19.8 Å². The number of hydrogen-bond donors (Lipinski definition) is 3. The van der Waals surface area contributed by atoms with Crippen molar-refractivity contribution in [3.63, 3.8) is 0 Å². The van der Waals surface area contributed by atoms with E-state index in [1.54, 1.807) is 18.2 Å². The molecule has 0 saturated carbocycles. The highest BCUT2D eigenvalue weighted by molar-refractivity contribution is 7.47. The van der Waals surface area contributed by atoms with Crippen LogP contribution in [0.1, 0.15) is 155 Å². The van der Waals surface area contributed by atoms with E-state index >= 15 is 0 Å². The summed E-state index contributed by atoms with van der Waals surface area (Å²) in [6.07, 6.45) is 45.1. The van der Waals surface area contributed by atoms with Gasteiger partial charge in [-0.1, -0.05) is 196 Å². The summed E-state index contributed by atoms with van der Waals surface area (Å²) in [6, 6.07) is 0. The first-order valence-electron chi connectivity index (χ1n) is 20.5. The molecule has 0 aromatic rings. The van der Waals surface area contributed by atoms with E-state index in [9.17, 15) is 24.2 Å². The summed E-state index contributed by atoms with van der Waals surface area (Å²) in [5.41, 5.74) is 5.65. The first-order chi connectivity index (χ1) is 25.8. The van der Waals surface area contributed by atoms with Gasteiger partial charge in [0.2, 0.25) is 0 Å². The predicted molar refractivity (Wildman–Crippen MR) is 219 cm³/mol. The number of allylic oxidation sites excluding steroid dienone is 11. The van der Waals surface area contributed by atoms with Crippen molar-refractivity contribution in [1.29, 1.82) is 0 Å². The SMILES string of the molecule is CCCCCCCCCC=CC=CC=CC=CC=CC=CC(=O)O[C@H](CO)COP(=O)(O)OC(CN)C(=O)CCCCCCCCCCCCCCC. The van der Waals surface area contributed by atoms with Gasteiger partial charge in [-0.25, -0.2) is 9.36 Å². The average Bonchev–Trinajstić information content (AvgIpc) is 3.15. The topological polar surface area (TPSA) is 145 Å². The Kier molecular flexibility index (Phi) is 36.2. The number of nitrogens with two attached hydrogens (primary N) is 1. The minimum atomic E-state index is -4.71. The fourth-order valence-corrected chi connectivity index (χ4v) is 6.39. The molecule has 53 heavy (non-hydrogen) atoms. The molecule has 0 bridgehead atoms. The van der Waals surface area contributed by atoms with Gasteiger partial charge < -0.3 is 20.5 Å². The Morgan fingerprint density at radius 3 is 1.55 bits per heavy atom. The van der Waals surface area contributed by atoms with E-state index in [0.717, 1.165) is 31.8 Å². The first kappa shape index (κ1) is 50.6. The highest BCUT2D eigenvalue weighted by Gasteiger charge is 2.31. The lowest BCUT2D eigenvalue weighted by molar-refractivity contribution is -0.147. The molecule has 0 aliphatic carbocycles. The highest BCUT2D eigenvalue weighted by atomic mass is 31.2. The third-order valence-corrected chi connectivity index (χ3v) is 9.61. The summed E-state index contributed by atoms with van der Waals surface area (Å²) in [4.78, 5) is 34.8.